The average Bonchev–Trinajstić information content (AvgIpc) is 3.29. The maximum atomic E-state index is 12.4. The molecule has 7 heteroatoms. The molecule has 0 aliphatic rings. The summed E-state index contributed by atoms with van der Waals surface area (Å²) in [6.07, 6.45) is 0. The van der Waals surface area contributed by atoms with E-state index in [0.717, 1.165) is 38.7 Å². The van der Waals surface area contributed by atoms with Crippen molar-refractivity contribution in [2.75, 3.05) is 4.90 Å². The van der Waals surface area contributed by atoms with Crippen LogP contribution in [0.2, 0.25) is 0 Å². The maximum Gasteiger partial charge on any atom is 0.230 e. The zero-order chi connectivity index (χ0) is 20.5. The number of rotatable bonds is 5. The van der Waals surface area contributed by atoms with Crippen LogP contribution in [0.1, 0.15) is 29.3 Å². The first-order valence-electron chi connectivity index (χ1n) is 9.33. The van der Waals surface area contributed by atoms with Crippen molar-refractivity contribution in [2.45, 2.75) is 38.6 Å². The number of nitrogens with one attached hydrogen (secondary N) is 1. The molecule has 2 aromatic carbocycles. The van der Waals surface area contributed by atoms with Gasteiger partial charge in [0, 0.05) is 18.1 Å². The lowest BCUT2D eigenvalue weighted by Crippen LogP contribution is -2.23. The molecule has 1 N–H and O–H groups in total. The van der Waals surface area contributed by atoms with Crippen LogP contribution in [0.3, 0.4) is 0 Å². The first kappa shape index (κ1) is 19.7. The van der Waals surface area contributed by atoms with Gasteiger partial charge in [-0.05, 0) is 55.7 Å². The number of aromatic nitrogens is 3. The Kier molecular flexibility index (Phi) is 5.43. The molecule has 0 atom stereocenters. The molecule has 1 amide bonds. The number of hydrogen-bond donors (Lipinski definition) is 1. The van der Waals surface area contributed by atoms with E-state index in [1.54, 1.807) is 23.6 Å². The summed E-state index contributed by atoms with van der Waals surface area (Å²) >= 11 is 3.10. The first-order chi connectivity index (χ1) is 13.9. The molecule has 2 heterocycles. The number of imidazole rings is 1. The number of amides is 1. The highest BCUT2D eigenvalue weighted by molar-refractivity contribution is 7.98. The van der Waals surface area contributed by atoms with Crippen LogP contribution < -0.4 is 4.90 Å². The van der Waals surface area contributed by atoms with E-state index in [0.29, 0.717) is 10.9 Å². The van der Waals surface area contributed by atoms with E-state index < -0.39 is 0 Å². The van der Waals surface area contributed by atoms with E-state index in [9.17, 15) is 4.79 Å². The van der Waals surface area contributed by atoms with E-state index in [4.69, 9.17) is 4.98 Å². The lowest BCUT2D eigenvalue weighted by atomic mass is 10.1. The number of thioether (sulfide) groups is 1. The van der Waals surface area contributed by atoms with E-state index >= 15 is 0 Å². The van der Waals surface area contributed by atoms with Crippen molar-refractivity contribution < 1.29 is 4.79 Å². The number of nitrogens with zero attached hydrogens (tertiary/aromatic N) is 3. The van der Waals surface area contributed by atoms with Gasteiger partial charge in [-0.15, -0.1) is 11.3 Å². The van der Waals surface area contributed by atoms with Crippen LogP contribution in [-0.4, -0.2) is 20.9 Å². The van der Waals surface area contributed by atoms with Gasteiger partial charge < -0.3 is 4.98 Å². The summed E-state index contributed by atoms with van der Waals surface area (Å²) in [6.45, 7) is 7.73. The minimum absolute atomic E-state index is 0.0418. The van der Waals surface area contributed by atoms with Gasteiger partial charge in [0.1, 0.15) is 0 Å². The molecule has 0 aliphatic heterocycles. The predicted octanol–water partition coefficient (Wildman–Crippen LogP) is 5.92. The van der Waals surface area contributed by atoms with Gasteiger partial charge >= 0.3 is 0 Å². The third-order valence-corrected chi connectivity index (χ3v) is 6.62. The molecule has 5 nitrogen and oxygen atoms in total. The zero-order valence-corrected chi connectivity index (χ0v) is 18.4. The summed E-state index contributed by atoms with van der Waals surface area (Å²) in [7, 11) is 0. The van der Waals surface area contributed by atoms with Crippen molar-refractivity contribution in [3.63, 3.8) is 0 Å². The van der Waals surface area contributed by atoms with Gasteiger partial charge in [-0.2, -0.15) is 0 Å². The van der Waals surface area contributed by atoms with Gasteiger partial charge in [-0.1, -0.05) is 30.0 Å². The number of aromatic amines is 1. The van der Waals surface area contributed by atoms with Gasteiger partial charge in [0.2, 0.25) is 5.91 Å². The Morgan fingerprint density at radius 3 is 2.79 bits per heavy atom. The van der Waals surface area contributed by atoms with Crippen molar-refractivity contribution in [1.82, 2.24) is 15.0 Å². The molecular weight excluding hydrogens is 400 g/mol. The Bertz CT molecular complexity index is 1190. The summed E-state index contributed by atoms with van der Waals surface area (Å²) in [4.78, 5) is 26.8. The second kappa shape index (κ2) is 8.00. The van der Waals surface area contributed by atoms with E-state index in [2.05, 4.69) is 42.0 Å². The minimum Gasteiger partial charge on any atom is -0.333 e. The quantitative estimate of drug-likeness (QED) is 0.405. The number of thiazole rings is 1. The second-order valence-corrected chi connectivity index (χ2v) is 8.85. The Morgan fingerprint density at radius 1 is 1.17 bits per heavy atom. The lowest BCUT2D eigenvalue weighted by molar-refractivity contribution is -0.115. The zero-order valence-electron chi connectivity index (χ0n) is 16.8. The molecule has 0 radical (unpaired) electrons. The molecule has 0 aliphatic carbocycles. The van der Waals surface area contributed by atoms with Crippen molar-refractivity contribution >= 4 is 50.9 Å². The maximum absolute atomic E-state index is 12.4. The van der Waals surface area contributed by atoms with Gasteiger partial charge in [0.05, 0.1) is 22.4 Å². The summed E-state index contributed by atoms with van der Waals surface area (Å²) in [5.41, 5.74) is 7.28. The molecule has 0 saturated carbocycles. The highest BCUT2D eigenvalue weighted by atomic mass is 32.2. The number of carbonyl (C=O) groups is 1. The van der Waals surface area contributed by atoms with Crippen LogP contribution in [0.5, 0.6) is 0 Å². The fourth-order valence-electron chi connectivity index (χ4n) is 3.16. The normalized spacial score (nSPS) is 11.2. The highest BCUT2D eigenvalue weighted by Crippen LogP contribution is 2.33. The average molecular weight is 423 g/mol. The Hall–Kier alpha value is -2.64. The van der Waals surface area contributed by atoms with Crippen LogP contribution in [0.4, 0.5) is 10.8 Å². The van der Waals surface area contributed by atoms with Crippen molar-refractivity contribution in [3.8, 4) is 0 Å². The van der Waals surface area contributed by atoms with Crippen LogP contribution in [-0.2, 0) is 10.5 Å². The van der Waals surface area contributed by atoms with Crippen LogP contribution >= 0.6 is 23.1 Å². The number of benzene rings is 2. The highest BCUT2D eigenvalue weighted by Gasteiger charge is 2.20. The molecule has 148 valence electrons. The number of anilines is 2. The van der Waals surface area contributed by atoms with Crippen molar-refractivity contribution in [1.29, 1.82) is 0 Å². The summed E-state index contributed by atoms with van der Waals surface area (Å²) in [5, 5.41) is 3.58. The first-order valence-corrected chi connectivity index (χ1v) is 11.2. The fourth-order valence-corrected chi connectivity index (χ4v) is 4.92. The Morgan fingerprint density at radius 2 is 2.00 bits per heavy atom. The van der Waals surface area contributed by atoms with E-state index in [1.165, 1.54) is 16.9 Å². The summed E-state index contributed by atoms with van der Waals surface area (Å²) in [5.74, 6) is 0.647. The number of hydrogen-bond acceptors (Lipinski definition) is 5. The van der Waals surface area contributed by atoms with Crippen LogP contribution in [0.15, 0.2) is 46.9 Å². The molecule has 29 heavy (non-hydrogen) atoms. The largest absolute Gasteiger partial charge is 0.333 e. The molecule has 0 fully saturated rings. The molecular formula is C22H22N4OS2. The third-order valence-electron chi connectivity index (χ3n) is 4.84. The third kappa shape index (κ3) is 4.06. The molecule has 0 bridgehead atoms. The predicted molar refractivity (Wildman–Crippen MR) is 121 cm³/mol. The summed E-state index contributed by atoms with van der Waals surface area (Å²) in [6, 6.07) is 12.2. The van der Waals surface area contributed by atoms with E-state index in [1.807, 2.05) is 30.5 Å². The van der Waals surface area contributed by atoms with Gasteiger partial charge in [-0.25, -0.2) is 9.97 Å². The molecule has 2 aromatic heterocycles. The topological polar surface area (TPSA) is 61.9 Å². The van der Waals surface area contributed by atoms with Crippen LogP contribution in [0, 0.1) is 20.8 Å². The SMILES string of the molecule is CC(=O)N(c1nc(CSc2nc3ccc(C)cc3[nH]2)cs1)c1cccc(C)c1C. The minimum atomic E-state index is -0.0418. The number of H-pyrrole nitrogens is 1. The fraction of sp³-hybridized carbons (Fsp3) is 0.227. The smallest absolute Gasteiger partial charge is 0.230 e. The number of aryl methyl sites for hydroxylation is 2. The lowest BCUT2D eigenvalue weighted by Gasteiger charge is -2.21. The Labute approximate surface area is 178 Å². The second-order valence-electron chi connectivity index (χ2n) is 7.05. The molecule has 4 rings (SSSR count). The van der Waals surface area contributed by atoms with Gasteiger partial charge in [-0.3, -0.25) is 9.69 Å². The van der Waals surface area contributed by atoms with Gasteiger partial charge in [0.25, 0.3) is 0 Å². The molecule has 0 saturated heterocycles. The van der Waals surface area contributed by atoms with Crippen LogP contribution in [0.25, 0.3) is 11.0 Å². The molecule has 4 aromatic rings. The standard InChI is InChI=1S/C22H22N4OS2/c1-13-8-9-18-19(10-13)25-21(24-18)28-11-17-12-29-22(23-17)26(16(4)27)20-7-5-6-14(2)15(20)3/h5-10,12H,11H2,1-4H3,(H,24,25). The van der Waals surface area contributed by atoms with E-state index in [-0.39, 0.29) is 5.91 Å². The molecule has 0 unspecified atom stereocenters. The molecule has 0 spiro atoms. The monoisotopic (exact) mass is 422 g/mol. The summed E-state index contributed by atoms with van der Waals surface area (Å²) < 4.78 is 0. The number of fused-ring (bicyclic) bond motifs is 1. The Balaban J connectivity index is 1.54. The van der Waals surface area contributed by atoms with Crippen molar-refractivity contribution in [2.24, 2.45) is 0 Å². The van der Waals surface area contributed by atoms with Crippen molar-refractivity contribution in [3.05, 3.63) is 64.2 Å². The van der Waals surface area contributed by atoms with Gasteiger partial charge in [0.15, 0.2) is 10.3 Å². The number of carbonyl (C=O) groups excluding carboxylic acids is 1.